The van der Waals surface area contributed by atoms with Gasteiger partial charge in [0, 0.05) is 28.7 Å². The van der Waals surface area contributed by atoms with Crippen molar-refractivity contribution in [2.75, 3.05) is 13.8 Å². The third-order valence-electron chi connectivity index (χ3n) is 5.52. The molecule has 0 aliphatic carbocycles. The number of para-hydroxylation sites is 1. The van der Waals surface area contributed by atoms with Gasteiger partial charge < -0.3 is 14.2 Å². The average Bonchev–Trinajstić information content (AvgIpc) is 3.12. The van der Waals surface area contributed by atoms with E-state index in [1.54, 1.807) is 25.3 Å². The SMILES string of the molecule is COc1ccccc1/C=C1\Oc2c(ccc3c2CN(Cc2ccc(Cl)cc2Cl)CO3)C1=O. The van der Waals surface area contributed by atoms with Crippen LogP contribution in [0.2, 0.25) is 10.0 Å². The third-order valence-corrected chi connectivity index (χ3v) is 6.10. The summed E-state index contributed by atoms with van der Waals surface area (Å²) in [6, 6.07) is 16.5. The van der Waals surface area contributed by atoms with Gasteiger partial charge in [-0.15, -0.1) is 0 Å². The summed E-state index contributed by atoms with van der Waals surface area (Å²) in [6.07, 6.45) is 1.71. The van der Waals surface area contributed by atoms with Crippen molar-refractivity contribution in [3.8, 4) is 17.2 Å². The van der Waals surface area contributed by atoms with E-state index in [0.29, 0.717) is 52.7 Å². The first-order chi connectivity index (χ1) is 15.5. The lowest BCUT2D eigenvalue weighted by Gasteiger charge is -2.30. The van der Waals surface area contributed by atoms with E-state index in [1.807, 2.05) is 42.5 Å². The summed E-state index contributed by atoms with van der Waals surface area (Å²) in [6.45, 7) is 1.55. The van der Waals surface area contributed by atoms with Crippen LogP contribution in [0.5, 0.6) is 17.2 Å². The van der Waals surface area contributed by atoms with Crippen LogP contribution in [-0.4, -0.2) is 24.5 Å². The molecule has 0 spiro atoms. The lowest BCUT2D eigenvalue weighted by Crippen LogP contribution is -2.31. The maximum absolute atomic E-state index is 13.0. The van der Waals surface area contributed by atoms with Crippen LogP contribution in [0, 0.1) is 0 Å². The zero-order valence-electron chi connectivity index (χ0n) is 17.2. The molecule has 2 aliphatic rings. The maximum atomic E-state index is 13.0. The molecular formula is C25H19Cl2NO4. The first-order valence-corrected chi connectivity index (χ1v) is 10.8. The van der Waals surface area contributed by atoms with Gasteiger partial charge in [-0.2, -0.15) is 0 Å². The smallest absolute Gasteiger partial charge is 0.231 e. The van der Waals surface area contributed by atoms with E-state index >= 15 is 0 Å². The van der Waals surface area contributed by atoms with Crippen molar-refractivity contribution in [2.45, 2.75) is 13.1 Å². The fourth-order valence-electron chi connectivity index (χ4n) is 3.92. The minimum atomic E-state index is -0.161. The molecule has 3 aromatic rings. The van der Waals surface area contributed by atoms with Gasteiger partial charge in [0.1, 0.15) is 24.0 Å². The first-order valence-electron chi connectivity index (χ1n) is 10.1. The van der Waals surface area contributed by atoms with Gasteiger partial charge in [0.15, 0.2) is 5.76 Å². The molecule has 32 heavy (non-hydrogen) atoms. The Morgan fingerprint density at radius 2 is 1.97 bits per heavy atom. The quantitative estimate of drug-likeness (QED) is 0.442. The highest BCUT2D eigenvalue weighted by atomic mass is 35.5. The molecule has 2 heterocycles. The number of methoxy groups -OCH3 is 1. The van der Waals surface area contributed by atoms with Gasteiger partial charge in [0.2, 0.25) is 5.78 Å². The van der Waals surface area contributed by atoms with E-state index in [0.717, 1.165) is 16.7 Å². The van der Waals surface area contributed by atoms with E-state index in [2.05, 4.69) is 4.90 Å². The summed E-state index contributed by atoms with van der Waals surface area (Å²) in [5.41, 5.74) is 3.09. The van der Waals surface area contributed by atoms with E-state index in [1.165, 1.54) is 0 Å². The monoisotopic (exact) mass is 467 g/mol. The minimum absolute atomic E-state index is 0.161. The van der Waals surface area contributed by atoms with Crippen LogP contribution < -0.4 is 14.2 Å². The highest BCUT2D eigenvalue weighted by Gasteiger charge is 2.33. The fourth-order valence-corrected chi connectivity index (χ4v) is 4.39. The summed E-state index contributed by atoms with van der Waals surface area (Å²) in [5.74, 6) is 2.03. The molecule has 7 heteroatoms. The number of fused-ring (bicyclic) bond motifs is 3. The highest BCUT2D eigenvalue weighted by Crippen LogP contribution is 2.42. The largest absolute Gasteiger partial charge is 0.496 e. The molecule has 0 saturated carbocycles. The van der Waals surface area contributed by atoms with Crippen molar-refractivity contribution in [3.63, 3.8) is 0 Å². The van der Waals surface area contributed by atoms with Crippen LogP contribution >= 0.6 is 23.2 Å². The van der Waals surface area contributed by atoms with Crippen LogP contribution in [0.15, 0.2) is 60.4 Å². The van der Waals surface area contributed by atoms with Gasteiger partial charge >= 0.3 is 0 Å². The van der Waals surface area contributed by atoms with Gasteiger partial charge in [0.05, 0.1) is 18.2 Å². The number of Topliss-reactive ketones (excluding diaryl/α,β-unsaturated/α-hetero) is 1. The Labute approximate surface area is 195 Å². The fraction of sp³-hybridized carbons (Fsp3) is 0.160. The Bertz CT molecular complexity index is 1250. The predicted octanol–water partition coefficient (Wildman–Crippen LogP) is 5.97. The van der Waals surface area contributed by atoms with Gasteiger partial charge in [-0.25, -0.2) is 0 Å². The number of hydrogen-bond donors (Lipinski definition) is 0. The number of carbonyl (C=O) groups excluding carboxylic acids is 1. The molecule has 0 aromatic heterocycles. The molecule has 0 bridgehead atoms. The Hall–Kier alpha value is -2.99. The standard InChI is InChI=1S/C25H19Cl2NO4/c1-30-21-5-3-2-4-15(21)10-23-24(29)18-8-9-22-19(25(18)32-23)13-28(14-31-22)12-16-6-7-17(26)11-20(16)27/h2-11H,12-14H2,1H3/b23-10-. The second-order valence-corrected chi connectivity index (χ2v) is 8.44. The molecule has 5 nitrogen and oxygen atoms in total. The molecule has 0 amide bonds. The zero-order chi connectivity index (χ0) is 22.2. The molecule has 3 aromatic carbocycles. The summed E-state index contributed by atoms with van der Waals surface area (Å²) in [5, 5.41) is 1.20. The van der Waals surface area contributed by atoms with Gasteiger partial charge in [-0.05, 0) is 42.0 Å². The van der Waals surface area contributed by atoms with Crippen molar-refractivity contribution >= 4 is 35.1 Å². The molecule has 0 fully saturated rings. The Balaban J connectivity index is 1.43. The number of carbonyl (C=O) groups is 1. The molecule has 162 valence electrons. The number of rotatable bonds is 4. The van der Waals surface area contributed by atoms with Gasteiger partial charge in [-0.3, -0.25) is 9.69 Å². The van der Waals surface area contributed by atoms with Crippen LogP contribution in [0.3, 0.4) is 0 Å². The molecule has 0 radical (unpaired) electrons. The van der Waals surface area contributed by atoms with Crippen molar-refractivity contribution in [2.24, 2.45) is 0 Å². The number of nitrogens with zero attached hydrogens (tertiary/aromatic N) is 1. The number of halogens is 2. The summed E-state index contributed by atoms with van der Waals surface area (Å²) in [4.78, 5) is 15.1. The molecule has 0 saturated heterocycles. The lowest BCUT2D eigenvalue weighted by atomic mass is 10.0. The Kier molecular flexibility index (Phi) is 5.55. The number of hydrogen-bond acceptors (Lipinski definition) is 5. The number of benzene rings is 3. The highest BCUT2D eigenvalue weighted by molar-refractivity contribution is 6.35. The molecule has 0 atom stereocenters. The molecule has 2 aliphatic heterocycles. The topological polar surface area (TPSA) is 48.0 Å². The molecule has 0 unspecified atom stereocenters. The Morgan fingerprint density at radius 3 is 2.78 bits per heavy atom. The number of ketones is 1. The van der Waals surface area contributed by atoms with E-state index in [9.17, 15) is 4.79 Å². The summed E-state index contributed by atoms with van der Waals surface area (Å²) in [7, 11) is 1.60. The molecule has 0 N–H and O–H groups in total. The molecular weight excluding hydrogens is 449 g/mol. The number of allylic oxidation sites excluding steroid dienone is 1. The van der Waals surface area contributed by atoms with Crippen LogP contribution in [0.4, 0.5) is 0 Å². The second kappa shape index (κ2) is 8.51. The van der Waals surface area contributed by atoms with Crippen LogP contribution in [-0.2, 0) is 13.1 Å². The van der Waals surface area contributed by atoms with E-state index in [-0.39, 0.29) is 11.5 Å². The minimum Gasteiger partial charge on any atom is -0.496 e. The van der Waals surface area contributed by atoms with Crippen LogP contribution in [0.1, 0.15) is 27.0 Å². The first kappa shape index (κ1) is 20.9. The van der Waals surface area contributed by atoms with Crippen molar-refractivity contribution in [1.82, 2.24) is 4.90 Å². The van der Waals surface area contributed by atoms with Gasteiger partial charge in [-0.1, -0.05) is 47.5 Å². The third kappa shape index (κ3) is 3.84. The predicted molar refractivity (Wildman–Crippen MR) is 124 cm³/mol. The van der Waals surface area contributed by atoms with Crippen molar-refractivity contribution in [1.29, 1.82) is 0 Å². The summed E-state index contributed by atoms with van der Waals surface area (Å²) < 4.78 is 17.4. The van der Waals surface area contributed by atoms with Crippen LogP contribution in [0.25, 0.3) is 6.08 Å². The average molecular weight is 468 g/mol. The van der Waals surface area contributed by atoms with E-state index in [4.69, 9.17) is 37.4 Å². The maximum Gasteiger partial charge on any atom is 0.231 e. The number of ether oxygens (including phenoxy) is 3. The Morgan fingerprint density at radius 1 is 1.12 bits per heavy atom. The van der Waals surface area contributed by atoms with E-state index < -0.39 is 0 Å². The van der Waals surface area contributed by atoms with Crippen molar-refractivity contribution in [3.05, 3.63) is 92.7 Å². The lowest BCUT2D eigenvalue weighted by molar-refractivity contribution is 0.0873. The normalized spacial score (nSPS) is 16.3. The second-order valence-electron chi connectivity index (χ2n) is 7.60. The van der Waals surface area contributed by atoms with Crippen molar-refractivity contribution < 1.29 is 19.0 Å². The summed E-state index contributed by atoms with van der Waals surface area (Å²) >= 11 is 12.4. The van der Waals surface area contributed by atoms with Gasteiger partial charge in [0.25, 0.3) is 0 Å². The molecule has 5 rings (SSSR count). The zero-order valence-corrected chi connectivity index (χ0v) is 18.7.